The van der Waals surface area contributed by atoms with Crippen molar-refractivity contribution in [3.8, 4) is 0 Å². The number of nitrogens with one attached hydrogen (secondary N) is 1. The second-order valence-electron chi connectivity index (χ2n) is 8.58. The Hall–Kier alpha value is -2.08. The molecular formula is C21H31ClN4O2. The second-order valence-corrected chi connectivity index (χ2v) is 9.02. The predicted molar refractivity (Wildman–Crippen MR) is 115 cm³/mol. The van der Waals surface area contributed by atoms with Gasteiger partial charge in [0.15, 0.2) is 0 Å². The van der Waals surface area contributed by atoms with Crippen molar-refractivity contribution in [2.75, 3.05) is 6.54 Å². The van der Waals surface area contributed by atoms with Gasteiger partial charge < -0.3 is 10.2 Å². The smallest absolute Gasteiger partial charge is 0.318 e. The van der Waals surface area contributed by atoms with Crippen LogP contribution in [-0.4, -0.2) is 32.6 Å². The number of halogens is 1. The van der Waals surface area contributed by atoms with Crippen LogP contribution in [-0.2, 0) is 6.54 Å². The minimum atomic E-state index is -0.374. The van der Waals surface area contributed by atoms with Crippen molar-refractivity contribution in [2.45, 2.75) is 66.6 Å². The van der Waals surface area contributed by atoms with Crippen molar-refractivity contribution >= 4 is 28.5 Å². The summed E-state index contributed by atoms with van der Waals surface area (Å²) in [5, 5.41) is 4.07. The predicted octanol–water partition coefficient (Wildman–Crippen LogP) is 4.60. The third-order valence-corrected chi connectivity index (χ3v) is 4.64. The van der Waals surface area contributed by atoms with E-state index in [1.807, 2.05) is 34.6 Å². The molecule has 2 aromatic rings. The Balaban J connectivity index is 2.59. The molecule has 1 heterocycles. The van der Waals surface area contributed by atoms with E-state index >= 15 is 0 Å². The van der Waals surface area contributed by atoms with Crippen LogP contribution in [0.15, 0.2) is 23.0 Å². The summed E-state index contributed by atoms with van der Waals surface area (Å²) in [4.78, 5) is 32.5. The van der Waals surface area contributed by atoms with E-state index in [0.29, 0.717) is 34.8 Å². The van der Waals surface area contributed by atoms with E-state index in [2.05, 4.69) is 19.2 Å². The number of amides is 2. The third kappa shape index (κ3) is 5.04. The van der Waals surface area contributed by atoms with Gasteiger partial charge in [-0.25, -0.2) is 9.78 Å². The van der Waals surface area contributed by atoms with Gasteiger partial charge in [0.25, 0.3) is 5.56 Å². The maximum atomic E-state index is 13.0. The lowest BCUT2D eigenvalue weighted by Gasteiger charge is -2.34. The molecule has 2 rings (SSSR count). The zero-order valence-electron chi connectivity index (χ0n) is 17.8. The molecule has 1 N–H and O–H groups in total. The molecule has 6 nitrogen and oxygen atoms in total. The zero-order chi connectivity index (χ0) is 21.2. The van der Waals surface area contributed by atoms with Gasteiger partial charge in [-0.15, -0.1) is 0 Å². The van der Waals surface area contributed by atoms with Gasteiger partial charge in [0.2, 0.25) is 0 Å². The van der Waals surface area contributed by atoms with Crippen molar-refractivity contribution < 1.29 is 4.79 Å². The maximum Gasteiger partial charge on any atom is 0.318 e. The average molecular weight is 407 g/mol. The first-order valence-corrected chi connectivity index (χ1v) is 10.1. The van der Waals surface area contributed by atoms with Crippen molar-refractivity contribution in [2.24, 2.45) is 5.92 Å². The number of carbonyl (C=O) groups excluding carboxylic acids is 1. The summed E-state index contributed by atoms with van der Waals surface area (Å²) in [6.45, 7) is 14.8. The first-order valence-electron chi connectivity index (χ1n) is 9.73. The average Bonchev–Trinajstić information content (AvgIpc) is 2.56. The van der Waals surface area contributed by atoms with Gasteiger partial charge >= 0.3 is 6.03 Å². The van der Waals surface area contributed by atoms with Gasteiger partial charge in [-0.2, -0.15) is 0 Å². The van der Waals surface area contributed by atoms with Crippen LogP contribution in [0.3, 0.4) is 0 Å². The SMILES string of the molecule is CCn1c(C(C)N(CC(C)C)C(=O)NC(C)(C)C)nc2cc(Cl)ccc2c1=O. The van der Waals surface area contributed by atoms with Crippen molar-refractivity contribution in [1.82, 2.24) is 19.8 Å². The lowest BCUT2D eigenvalue weighted by Crippen LogP contribution is -2.50. The summed E-state index contributed by atoms with van der Waals surface area (Å²) in [6, 6.07) is 4.54. The van der Waals surface area contributed by atoms with E-state index in [1.54, 1.807) is 27.7 Å². The number of carbonyl (C=O) groups is 1. The summed E-state index contributed by atoms with van der Waals surface area (Å²) >= 11 is 6.11. The van der Waals surface area contributed by atoms with Crippen molar-refractivity contribution in [1.29, 1.82) is 0 Å². The normalized spacial score (nSPS) is 13.0. The molecule has 2 amide bonds. The van der Waals surface area contributed by atoms with E-state index in [1.165, 1.54) is 0 Å². The Morgan fingerprint density at radius 3 is 2.46 bits per heavy atom. The molecule has 0 saturated heterocycles. The number of hydrogen-bond donors (Lipinski definition) is 1. The molecule has 0 aliphatic rings. The topological polar surface area (TPSA) is 67.2 Å². The van der Waals surface area contributed by atoms with Crippen LogP contribution in [0.5, 0.6) is 0 Å². The van der Waals surface area contributed by atoms with Crippen LogP contribution in [0.4, 0.5) is 4.79 Å². The van der Waals surface area contributed by atoms with Crippen molar-refractivity contribution in [3.05, 3.63) is 39.4 Å². The van der Waals surface area contributed by atoms with Gasteiger partial charge in [-0.1, -0.05) is 25.4 Å². The highest BCUT2D eigenvalue weighted by atomic mass is 35.5. The summed E-state index contributed by atoms with van der Waals surface area (Å²) in [7, 11) is 0. The molecule has 1 unspecified atom stereocenters. The Labute approximate surface area is 171 Å². The lowest BCUT2D eigenvalue weighted by molar-refractivity contribution is 0.158. The molecule has 1 aromatic heterocycles. The molecule has 28 heavy (non-hydrogen) atoms. The van der Waals surface area contributed by atoms with Crippen LogP contribution in [0.2, 0.25) is 5.02 Å². The largest absolute Gasteiger partial charge is 0.333 e. The fourth-order valence-electron chi connectivity index (χ4n) is 3.18. The highest BCUT2D eigenvalue weighted by Gasteiger charge is 2.28. The standard InChI is InChI=1S/C21H31ClN4O2/c1-8-25-18(23-17-11-15(22)9-10-16(17)19(25)27)14(4)26(12-13(2)3)20(28)24-21(5,6)7/h9-11,13-14H,8,12H2,1-7H3,(H,24,28). The molecule has 0 radical (unpaired) electrons. The number of hydrogen-bond acceptors (Lipinski definition) is 3. The molecule has 0 aliphatic carbocycles. The highest BCUT2D eigenvalue weighted by molar-refractivity contribution is 6.31. The Morgan fingerprint density at radius 2 is 1.93 bits per heavy atom. The van der Waals surface area contributed by atoms with E-state index in [4.69, 9.17) is 16.6 Å². The van der Waals surface area contributed by atoms with Crippen LogP contribution >= 0.6 is 11.6 Å². The highest BCUT2D eigenvalue weighted by Crippen LogP contribution is 2.23. The summed E-state index contributed by atoms with van der Waals surface area (Å²) in [5.41, 5.74) is 0.0670. The van der Waals surface area contributed by atoms with Gasteiger partial charge in [-0.3, -0.25) is 9.36 Å². The minimum Gasteiger partial charge on any atom is -0.333 e. The molecule has 0 spiro atoms. The van der Waals surface area contributed by atoms with Gasteiger partial charge in [-0.05, 0) is 58.7 Å². The van der Waals surface area contributed by atoms with Crippen LogP contribution in [0.1, 0.15) is 60.3 Å². The number of urea groups is 1. The maximum absolute atomic E-state index is 13.0. The molecule has 1 aromatic carbocycles. The Kier molecular flexibility index (Phi) is 6.75. The Morgan fingerprint density at radius 1 is 1.29 bits per heavy atom. The number of aromatic nitrogens is 2. The number of rotatable bonds is 5. The second kappa shape index (κ2) is 8.52. The summed E-state index contributed by atoms with van der Waals surface area (Å²) in [6.07, 6.45) is 0. The molecule has 1 atom stereocenters. The summed E-state index contributed by atoms with van der Waals surface area (Å²) in [5.74, 6) is 0.830. The molecule has 0 bridgehead atoms. The van der Waals surface area contributed by atoms with Crippen LogP contribution < -0.4 is 10.9 Å². The minimum absolute atomic E-state index is 0.119. The molecule has 7 heteroatoms. The third-order valence-electron chi connectivity index (χ3n) is 4.41. The van der Waals surface area contributed by atoms with E-state index < -0.39 is 0 Å². The van der Waals surface area contributed by atoms with Gasteiger partial charge in [0.05, 0.1) is 16.9 Å². The first kappa shape index (κ1) is 22.2. The van der Waals surface area contributed by atoms with E-state index in [-0.39, 0.29) is 29.1 Å². The monoisotopic (exact) mass is 406 g/mol. The zero-order valence-corrected chi connectivity index (χ0v) is 18.6. The lowest BCUT2D eigenvalue weighted by atomic mass is 10.1. The van der Waals surface area contributed by atoms with Crippen LogP contribution in [0.25, 0.3) is 10.9 Å². The fraction of sp³-hybridized carbons (Fsp3) is 0.571. The van der Waals surface area contributed by atoms with E-state index in [9.17, 15) is 9.59 Å². The quantitative estimate of drug-likeness (QED) is 0.789. The molecule has 0 aliphatic heterocycles. The molecular weight excluding hydrogens is 376 g/mol. The Bertz CT molecular complexity index is 915. The first-order chi connectivity index (χ1) is 12.9. The number of nitrogens with zero attached hydrogens (tertiary/aromatic N) is 3. The molecule has 154 valence electrons. The molecule has 0 fully saturated rings. The van der Waals surface area contributed by atoms with Crippen LogP contribution in [0, 0.1) is 5.92 Å². The van der Waals surface area contributed by atoms with Crippen molar-refractivity contribution in [3.63, 3.8) is 0 Å². The number of fused-ring (bicyclic) bond motifs is 1. The van der Waals surface area contributed by atoms with Gasteiger partial charge in [0, 0.05) is 23.7 Å². The van der Waals surface area contributed by atoms with Gasteiger partial charge in [0.1, 0.15) is 5.82 Å². The summed E-state index contributed by atoms with van der Waals surface area (Å²) < 4.78 is 1.64. The van der Waals surface area contributed by atoms with E-state index in [0.717, 1.165) is 0 Å². The fourth-order valence-corrected chi connectivity index (χ4v) is 3.34. The number of benzene rings is 1. The molecule has 0 saturated carbocycles.